The summed E-state index contributed by atoms with van der Waals surface area (Å²) in [5.41, 5.74) is 1.17. The summed E-state index contributed by atoms with van der Waals surface area (Å²) in [7, 11) is -3.79. The smallest absolute Gasteiger partial charge is 0.387 e. The van der Waals surface area contributed by atoms with Crippen molar-refractivity contribution in [3.8, 4) is 5.75 Å². The summed E-state index contributed by atoms with van der Waals surface area (Å²) in [6, 6.07) is 11.2. The van der Waals surface area contributed by atoms with Gasteiger partial charge in [0.25, 0.3) is 5.91 Å². The highest BCUT2D eigenvalue weighted by atomic mass is 32.2. The first-order valence-corrected chi connectivity index (χ1v) is 9.96. The molecule has 0 spiro atoms. The standard InChI is InChI=1S/C19H18F2N2O6S/c20-19(21)29-15-6-1-13(2-7-15)5-10-18(25)28-12-17(24)23-11-14-3-8-16(9-4-14)30(22,26)27/h1-10,19H,11-12H2,(H,23,24)(H2,22,26,27)/b10-5+. The minimum Gasteiger partial charge on any atom is -0.452 e. The number of hydrogen-bond acceptors (Lipinski definition) is 6. The van der Waals surface area contributed by atoms with Crippen molar-refractivity contribution in [2.75, 3.05) is 6.61 Å². The van der Waals surface area contributed by atoms with E-state index in [1.54, 1.807) is 0 Å². The number of hydrogen-bond donors (Lipinski definition) is 2. The first-order chi connectivity index (χ1) is 14.1. The molecule has 8 nitrogen and oxygen atoms in total. The summed E-state index contributed by atoms with van der Waals surface area (Å²) in [6.07, 6.45) is 2.47. The second-order valence-electron chi connectivity index (χ2n) is 5.85. The lowest BCUT2D eigenvalue weighted by Gasteiger charge is -2.06. The van der Waals surface area contributed by atoms with Gasteiger partial charge in [0.1, 0.15) is 5.75 Å². The van der Waals surface area contributed by atoms with Gasteiger partial charge in [0.05, 0.1) is 4.90 Å². The van der Waals surface area contributed by atoms with Crippen molar-refractivity contribution in [2.24, 2.45) is 5.14 Å². The van der Waals surface area contributed by atoms with E-state index in [9.17, 15) is 26.8 Å². The Hall–Kier alpha value is -3.31. The number of ether oxygens (including phenoxy) is 2. The second-order valence-corrected chi connectivity index (χ2v) is 7.42. The summed E-state index contributed by atoms with van der Waals surface area (Å²) < 4.78 is 55.5. The molecule has 11 heteroatoms. The van der Waals surface area contributed by atoms with Gasteiger partial charge in [-0.15, -0.1) is 0 Å². The normalized spacial score (nSPS) is 11.5. The predicted octanol–water partition coefficient (Wildman–Crippen LogP) is 1.81. The van der Waals surface area contributed by atoms with E-state index < -0.39 is 35.1 Å². The van der Waals surface area contributed by atoms with E-state index in [1.807, 2.05) is 0 Å². The summed E-state index contributed by atoms with van der Waals surface area (Å²) in [4.78, 5) is 23.4. The van der Waals surface area contributed by atoms with Crippen LogP contribution >= 0.6 is 0 Å². The molecular formula is C19H18F2N2O6S. The molecule has 0 bridgehead atoms. The SMILES string of the molecule is NS(=O)(=O)c1ccc(CNC(=O)COC(=O)/C=C/c2ccc(OC(F)F)cc2)cc1. The first-order valence-electron chi connectivity index (χ1n) is 8.41. The number of alkyl halides is 2. The molecule has 0 atom stereocenters. The van der Waals surface area contributed by atoms with Crippen LogP contribution in [0.15, 0.2) is 59.5 Å². The number of benzene rings is 2. The highest BCUT2D eigenvalue weighted by Crippen LogP contribution is 2.15. The van der Waals surface area contributed by atoms with Crippen LogP contribution in [-0.4, -0.2) is 33.5 Å². The predicted molar refractivity (Wildman–Crippen MR) is 103 cm³/mol. The Balaban J connectivity index is 1.75. The highest BCUT2D eigenvalue weighted by Gasteiger charge is 2.08. The number of amides is 1. The molecule has 0 fully saturated rings. The Morgan fingerprint density at radius 2 is 1.70 bits per heavy atom. The fourth-order valence-electron chi connectivity index (χ4n) is 2.16. The zero-order valence-electron chi connectivity index (χ0n) is 15.5. The number of carbonyl (C=O) groups excluding carboxylic acids is 2. The molecule has 160 valence electrons. The van der Waals surface area contributed by atoms with Crippen molar-refractivity contribution in [1.29, 1.82) is 0 Å². The number of carbonyl (C=O) groups is 2. The van der Waals surface area contributed by atoms with Gasteiger partial charge in [0.2, 0.25) is 10.0 Å². The van der Waals surface area contributed by atoms with Crippen LogP contribution in [0.25, 0.3) is 6.08 Å². The van der Waals surface area contributed by atoms with Crippen LogP contribution in [-0.2, 0) is 30.9 Å². The van der Waals surface area contributed by atoms with E-state index in [4.69, 9.17) is 9.88 Å². The molecule has 0 aliphatic carbocycles. The van der Waals surface area contributed by atoms with E-state index in [2.05, 4.69) is 10.1 Å². The average molecular weight is 440 g/mol. The Morgan fingerprint density at radius 1 is 1.07 bits per heavy atom. The topological polar surface area (TPSA) is 125 Å². The molecule has 0 aliphatic rings. The molecule has 3 N–H and O–H groups in total. The maximum absolute atomic E-state index is 12.1. The molecule has 0 saturated heterocycles. The van der Waals surface area contributed by atoms with E-state index in [1.165, 1.54) is 54.6 Å². The number of nitrogens with one attached hydrogen (secondary N) is 1. The molecule has 0 saturated carbocycles. The number of sulfonamides is 1. The lowest BCUT2D eigenvalue weighted by molar-refractivity contribution is -0.143. The maximum atomic E-state index is 12.1. The zero-order chi connectivity index (χ0) is 22.1. The third-order valence-electron chi connectivity index (χ3n) is 3.60. The van der Waals surface area contributed by atoms with E-state index in [0.29, 0.717) is 11.1 Å². The van der Waals surface area contributed by atoms with Gasteiger partial charge in [-0.05, 0) is 41.5 Å². The van der Waals surface area contributed by atoms with Gasteiger partial charge in [-0.2, -0.15) is 8.78 Å². The van der Waals surface area contributed by atoms with Crippen molar-refractivity contribution in [2.45, 2.75) is 18.1 Å². The van der Waals surface area contributed by atoms with Crippen LogP contribution in [0.5, 0.6) is 5.75 Å². The number of rotatable bonds is 9. The first kappa shape index (κ1) is 23.0. The van der Waals surface area contributed by atoms with E-state index in [-0.39, 0.29) is 17.2 Å². The Kier molecular flexibility index (Phi) is 8.01. The highest BCUT2D eigenvalue weighted by molar-refractivity contribution is 7.89. The quantitative estimate of drug-likeness (QED) is 0.453. The summed E-state index contributed by atoms with van der Waals surface area (Å²) in [5.74, 6) is -1.34. The van der Waals surface area contributed by atoms with Crippen LogP contribution in [0.3, 0.4) is 0 Å². The lowest BCUT2D eigenvalue weighted by atomic mass is 10.2. The van der Waals surface area contributed by atoms with Gasteiger partial charge in [-0.25, -0.2) is 18.4 Å². The monoisotopic (exact) mass is 440 g/mol. The molecule has 0 aliphatic heterocycles. The average Bonchev–Trinajstić information content (AvgIpc) is 2.69. The number of halogens is 2. The lowest BCUT2D eigenvalue weighted by Crippen LogP contribution is -2.28. The Bertz CT molecular complexity index is 1010. The van der Waals surface area contributed by atoms with Gasteiger partial charge in [0.15, 0.2) is 6.61 Å². The van der Waals surface area contributed by atoms with Crippen molar-refractivity contribution in [1.82, 2.24) is 5.32 Å². The van der Waals surface area contributed by atoms with Gasteiger partial charge in [0, 0.05) is 12.6 Å². The van der Waals surface area contributed by atoms with Crippen LogP contribution < -0.4 is 15.2 Å². The maximum Gasteiger partial charge on any atom is 0.387 e. The zero-order valence-corrected chi connectivity index (χ0v) is 16.3. The Morgan fingerprint density at radius 3 is 2.27 bits per heavy atom. The van der Waals surface area contributed by atoms with E-state index >= 15 is 0 Å². The van der Waals surface area contributed by atoms with E-state index in [0.717, 1.165) is 6.08 Å². The van der Waals surface area contributed by atoms with Gasteiger partial charge in [-0.1, -0.05) is 24.3 Å². The molecule has 30 heavy (non-hydrogen) atoms. The van der Waals surface area contributed by atoms with Crippen molar-refractivity contribution >= 4 is 28.0 Å². The molecule has 0 aromatic heterocycles. The fourth-order valence-corrected chi connectivity index (χ4v) is 2.67. The second kappa shape index (κ2) is 10.5. The molecule has 2 rings (SSSR count). The van der Waals surface area contributed by atoms with Gasteiger partial charge < -0.3 is 14.8 Å². The summed E-state index contributed by atoms with van der Waals surface area (Å²) in [6.45, 7) is -3.34. The molecular weight excluding hydrogens is 422 g/mol. The van der Waals surface area contributed by atoms with Crippen molar-refractivity contribution in [3.63, 3.8) is 0 Å². The third kappa shape index (κ3) is 7.97. The summed E-state index contributed by atoms with van der Waals surface area (Å²) >= 11 is 0. The third-order valence-corrected chi connectivity index (χ3v) is 4.53. The van der Waals surface area contributed by atoms with Crippen LogP contribution in [0.2, 0.25) is 0 Å². The molecule has 0 heterocycles. The van der Waals surface area contributed by atoms with Crippen molar-refractivity contribution in [3.05, 3.63) is 65.7 Å². The van der Waals surface area contributed by atoms with Crippen LogP contribution in [0, 0.1) is 0 Å². The largest absolute Gasteiger partial charge is 0.452 e. The fraction of sp³-hybridized carbons (Fsp3) is 0.158. The summed E-state index contributed by atoms with van der Waals surface area (Å²) in [5, 5.41) is 7.51. The van der Waals surface area contributed by atoms with Gasteiger partial charge >= 0.3 is 12.6 Å². The molecule has 0 unspecified atom stereocenters. The minimum absolute atomic E-state index is 0.0133. The number of primary sulfonamides is 1. The molecule has 1 amide bonds. The molecule has 2 aromatic carbocycles. The van der Waals surface area contributed by atoms with Crippen LogP contribution in [0.1, 0.15) is 11.1 Å². The van der Waals surface area contributed by atoms with Gasteiger partial charge in [-0.3, -0.25) is 4.79 Å². The molecule has 2 aromatic rings. The van der Waals surface area contributed by atoms with Crippen LogP contribution in [0.4, 0.5) is 8.78 Å². The Labute approximate surface area is 171 Å². The molecule has 0 radical (unpaired) electrons. The minimum atomic E-state index is -3.79. The number of nitrogens with two attached hydrogens (primary N) is 1. The number of esters is 1. The van der Waals surface area contributed by atoms with Crippen molar-refractivity contribution < 1.29 is 36.3 Å².